The molecule has 2 aliphatic heterocycles. The van der Waals surface area contributed by atoms with Crippen molar-refractivity contribution in [3.8, 4) is 0 Å². The van der Waals surface area contributed by atoms with Gasteiger partial charge in [0.05, 0.1) is 13.0 Å². The van der Waals surface area contributed by atoms with E-state index in [0.29, 0.717) is 0 Å². The van der Waals surface area contributed by atoms with Gasteiger partial charge >= 0.3 is 35.5 Å². The fraction of sp³-hybridized carbons (Fsp3) is 0.467. The number of thiazole rings is 1. The van der Waals surface area contributed by atoms with E-state index in [2.05, 4.69) is 20.3 Å². The Balaban J connectivity index is 0.00000341. The molecule has 0 saturated carbocycles. The minimum atomic E-state index is -2.51. The Labute approximate surface area is 200 Å². The summed E-state index contributed by atoms with van der Waals surface area (Å²) < 4.78 is 4.78. The minimum absolute atomic E-state index is 0. The molecule has 0 radical (unpaired) electrons. The maximum Gasteiger partial charge on any atom is 1.00 e. The van der Waals surface area contributed by atoms with Crippen molar-refractivity contribution >= 4 is 45.9 Å². The number of aliphatic carboxylic acids is 1. The number of nitrogens with two attached hydrogens (primary N) is 1. The largest absolute Gasteiger partial charge is 1.00 e. The van der Waals surface area contributed by atoms with Gasteiger partial charge in [-0.25, -0.2) is 4.98 Å². The van der Waals surface area contributed by atoms with Gasteiger partial charge in [-0.2, -0.15) is 5.06 Å². The fourth-order valence-corrected chi connectivity index (χ4v) is 3.45. The number of aliphatic hydroxyl groups is 1. The van der Waals surface area contributed by atoms with Crippen LogP contribution in [0.5, 0.6) is 0 Å². The van der Waals surface area contributed by atoms with Crippen LogP contribution < -0.4 is 45.7 Å². The molecule has 4 N–H and O–H groups in total. The number of carbonyl (C=O) groups excluding carboxylic acids is 4. The van der Waals surface area contributed by atoms with E-state index in [4.69, 9.17) is 15.3 Å². The number of nitrogens with zero attached hydrogens (tertiary/aromatic N) is 3. The third kappa shape index (κ3) is 4.37. The molecule has 1 unspecified atom stereocenters. The topological polar surface area (TPSA) is 206 Å². The molecule has 2 saturated heterocycles. The summed E-state index contributed by atoms with van der Waals surface area (Å²) in [5.41, 5.74) is 0.635. The number of esters is 1. The van der Waals surface area contributed by atoms with Crippen molar-refractivity contribution in [2.45, 2.75) is 24.1 Å². The zero-order chi connectivity index (χ0) is 22.1. The standard InChI is InChI=1S/C15H17N5O9S.Na/c1-27-19-9(7-4-30-13(16)17-7)10(23)18-14(5-21)6-28-20(11(14)24)15(12(25)26)3-2-8(22)29-15;/h4,21H,2-3,5-6H2,1H3,(H2,16,17)(H,18,23)(H,25,26);/q;+1/p-1/b19-9-;/t14-,15?;/m0./s1. The van der Waals surface area contributed by atoms with Gasteiger partial charge in [-0.1, -0.05) is 5.16 Å². The molecular formula is C15H16N5NaO9S. The maximum absolute atomic E-state index is 13.0. The molecule has 1 aromatic heterocycles. The number of hydrogen-bond donors (Lipinski definition) is 3. The molecule has 31 heavy (non-hydrogen) atoms. The number of carboxylic acid groups (broad SMARTS) is 1. The summed E-state index contributed by atoms with van der Waals surface area (Å²) in [6.45, 7) is -1.62. The van der Waals surface area contributed by atoms with Crippen LogP contribution in [0.4, 0.5) is 5.13 Å². The summed E-state index contributed by atoms with van der Waals surface area (Å²) in [6.07, 6.45) is -0.723. The number of nitrogen functional groups attached to an aromatic ring is 1. The Kier molecular flexibility index (Phi) is 7.61. The second-order valence-corrected chi connectivity index (χ2v) is 7.20. The van der Waals surface area contributed by atoms with Crippen LogP contribution in [0.3, 0.4) is 0 Å². The van der Waals surface area contributed by atoms with E-state index in [9.17, 15) is 29.4 Å². The monoisotopic (exact) mass is 465 g/mol. The second kappa shape index (κ2) is 9.46. The van der Waals surface area contributed by atoms with Crippen LogP contribution >= 0.6 is 11.3 Å². The fourth-order valence-electron chi connectivity index (χ4n) is 2.90. The molecule has 162 valence electrons. The van der Waals surface area contributed by atoms with E-state index < -0.39 is 54.7 Å². The molecule has 2 amide bonds. The number of hydroxylamine groups is 2. The van der Waals surface area contributed by atoms with Crippen molar-refractivity contribution in [2.75, 3.05) is 26.1 Å². The Bertz CT molecular complexity index is 940. The normalized spacial score (nSPS) is 25.7. The van der Waals surface area contributed by atoms with Gasteiger partial charge in [-0.15, -0.1) is 11.3 Å². The van der Waals surface area contributed by atoms with Gasteiger partial charge in [0, 0.05) is 11.8 Å². The third-order valence-electron chi connectivity index (χ3n) is 4.42. The molecule has 16 heteroatoms. The quantitative estimate of drug-likeness (QED) is 0.149. The summed E-state index contributed by atoms with van der Waals surface area (Å²) in [6, 6.07) is 0. The van der Waals surface area contributed by atoms with Gasteiger partial charge in [0.1, 0.15) is 25.4 Å². The van der Waals surface area contributed by atoms with Crippen LogP contribution in [0.1, 0.15) is 18.5 Å². The smallest absolute Gasteiger partial charge is 0.544 e. The number of rotatable bonds is 7. The number of anilines is 1. The van der Waals surface area contributed by atoms with Crippen molar-refractivity contribution in [2.24, 2.45) is 5.16 Å². The predicted molar refractivity (Wildman–Crippen MR) is 93.9 cm³/mol. The SMILES string of the molecule is CO/N=C(\C(=O)N[C@@]1(CO)CON(C2(C(=O)[O-])CCC(=O)O2)C1=O)c1csc(N)n1.[Na+]. The third-order valence-corrected chi connectivity index (χ3v) is 5.09. The molecule has 2 aliphatic rings. The van der Waals surface area contributed by atoms with E-state index in [1.807, 2.05) is 0 Å². The number of carboxylic acids is 1. The predicted octanol–water partition coefficient (Wildman–Crippen LogP) is -6.52. The van der Waals surface area contributed by atoms with Crippen LogP contribution in [-0.2, 0) is 33.6 Å². The number of cyclic esters (lactones) is 1. The summed E-state index contributed by atoms with van der Waals surface area (Å²) in [5.74, 6) is -4.91. The van der Waals surface area contributed by atoms with Crippen molar-refractivity contribution in [1.29, 1.82) is 0 Å². The molecule has 2 atom stereocenters. The zero-order valence-electron chi connectivity index (χ0n) is 16.4. The number of ether oxygens (including phenoxy) is 1. The van der Waals surface area contributed by atoms with Crippen molar-refractivity contribution in [3.63, 3.8) is 0 Å². The van der Waals surface area contributed by atoms with Gasteiger partial charge in [0.2, 0.25) is 0 Å². The summed E-state index contributed by atoms with van der Waals surface area (Å²) in [4.78, 5) is 62.5. The first-order chi connectivity index (χ1) is 14.2. The summed E-state index contributed by atoms with van der Waals surface area (Å²) in [5, 5.41) is 29.1. The number of amides is 2. The second-order valence-electron chi connectivity index (χ2n) is 6.31. The summed E-state index contributed by atoms with van der Waals surface area (Å²) >= 11 is 1.02. The minimum Gasteiger partial charge on any atom is -0.544 e. The van der Waals surface area contributed by atoms with Gasteiger partial charge in [-0.3, -0.25) is 19.2 Å². The van der Waals surface area contributed by atoms with Crippen LogP contribution in [0.2, 0.25) is 0 Å². The Morgan fingerprint density at radius 3 is 2.71 bits per heavy atom. The molecule has 0 aromatic carbocycles. The summed E-state index contributed by atoms with van der Waals surface area (Å²) in [7, 11) is 1.18. The first-order valence-corrected chi connectivity index (χ1v) is 9.24. The van der Waals surface area contributed by atoms with Crippen molar-refractivity contribution < 1.29 is 73.4 Å². The van der Waals surface area contributed by atoms with Gasteiger partial charge in [0.15, 0.2) is 16.4 Å². The molecule has 1 aromatic rings. The molecule has 0 bridgehead atoms. The van der Waals surface area contributed by atoms with Crippen LogP contribution in [0.15, 0.2) is 10.5 Å². The molecule has 3 rings (SSSR count). The molecule has 3 heterocycles. The average molecular weight is 465 g/mol. The number of oxime groups is 1. The molecule has 0 spiro atoms. The first kappa shape index (κ1) is 25.0. The Hall–Kier alpha value is -2.30. The molecule has 14 nitrogen and oxygen atoms in total. The number of aliphatic hydroxyl groups excluding tert-OH is 1. The number of aromatic nitrogens is 1. The first-order valence-electron chi connectivity index (χ1n) is 8.36. The van der Waals surface area contributed by atoms with E-state index in [1.165, 1.54) is 12.5 Å². The van der Waals surface area contributed by atoms with E-state index in [1.54, 1.807) is 0 Å². The number of nitrogens with one attached hydrogen (secondary N) is 1. The maximum atomic E-state index is 13.0. The van der Waals surface area contributed by atoms with Crippen LogP contribution in [0.25, 0.3) is 0 Å². The number of carbonyl (C=O) groups is 4. The van der Waals surface area contributed by atoms with Crippen LogP contribution in [-0.4, -0.2) is 76.2 Å². The van der Waals surface area contributed by atoms with Gasteiger partial charge < -0.3 is 35.6 Å². The number of hydrogen-bond acceptors (Lipinski definition) is 13. The van der Waals surface area contributed by atoms with Crippen molar-refractivity contribution in [1.82, 2.24) is 15.4 Å². The zero-order valence-corrected chi connectivity index (χ0v) is 19.3. The van der Waals surface area contributed by atoms with E-state index >= 15 is 0 Å². The average Bonchev–Trinajstić information content (AvgIpc) is 3.39. The molecule has 2 fully saturated rings. The van der Waals surface area contributed by atoms with E-state index in [-0.39, 0.29) is 57.6 Å². The molecule has 0 aliphatic carbocycles. The van der Waals surface area contributed by atoms with Crippen LogP contribution in [0, 0.1) is 0 Å². The molecular weight excluding hydrogens is 449 g/mol. The Morgan fingerprint density at radius 1 is 1.52 bits per heavy atom. The van der Waals surface area contributed by atoms with Gasteiger partial charge in [0.25, 0.3) is 17.5 Å². The Morgan fingerprint density at radius 2 is 2.23 bits per heavy atom. The van der Waals surface area contributed by atoms with Crippen molar-refractivity contribution in [3.05, 3.63) is 11.1 Å². The van der Waals surface area contributed by atoms with E-state index in [0.717, 1.165) is 11.3 Å². The van der Waals surface area contributed by atoms with Gasteiger partial charge in [-0.05, 0) is 0 Å².